The van der Waals surface area contributed by atoms with Gasteiger partial charge in [0.05, 0.1) is 17.3 Å². The van der Waals surface area contributed by atoms with E-state index in [1.165, 1.54) is 4.90 Å². The summed E-state index contributed by atoms with van der Waals surface area (Å²) in [5.74, 6) is 0.173. The van der Waals surface area contributed by atoms with Gasteiger partial charge in [-0.3, -0.25) is 9.59 Å². The number of likely N-dealkylation sites (tertiary alicyclic amines) is 1. The molecule has 1 atom stereocenters. The lowest BCUT2D eigenvalue weighted by Crippen LogP contribution is -2.54. The van der Waals surface area contributed by atoms with Crippen molar-refractivity contribution in [2.24, 2.45) is 0 Å². The van der Waals surface area contributed by atoms with Crippen LogP contribution in [0.5, 0.6) is 5.75 Å². The van der Waals surface area contributed by atoms with Gasteiger partial charge in [0.15, 0.2) is 5.60 Å². The topological polar surface area (TPSA) is 99.6 Å². The van der Waals surface area contributed by atoms with Crippen molar-refractivity contribution in [1.29, 1.82) is 0 Å². The molecule has 0 aliphatic carbocycles. The maximum atomic E-state index is 13.9. The molecule has 3 amide bonds. The average Bonchev–Trinajstić information content (AvgIpc) is 2.78. The predicted octanol–water partition coefficient (Wildman–Crippen LogP) is 4.37. The van der Waals surface area contributed by atoms with Crippen molar-refractivity contribution in [1.82, 2.24) is 9.80 Å². The van der Waals surface area contributed by atoms with Crippen LogP contribution in [-0.2, 0) is 9.53 Å². The van der Waals surface area contributed by atoms with Crippen LogP contribution in [0.1, 0.15) is 63.7 Å². The monoisotopic (exact) mass is 553 g/mol. The second kappa shape index (κ2) is 11.2. The number of benzene rings is 1. The largest absolute Gasteiger partial charge is 0.476 e. The highest BCUT2D eigenvalue weighted by Gasteiger charge is 2.42. The first-order chi connectivity index (χ1) is 16.5. The first-order valence-electron chi connectivity index (χ1n) is 12.1. The Hall–Kier alpha value is -2.33. The number of anilines is 1. The number of hydrogen-bond donors (Lipinski definition) is 1. The van der Waals surface area contributed by atoms with Gasteiger partial charge in [-0.1, -0.05) is 0 Å². The summed E-state index contributed by atoms with van der Waals surface area (Å²) in [6.45, 7) is 9.20. The summed E-state index contributed by atoms with van der Waals surface area (Å²) in [5.41, 5.74) is -0.0355. The van der Waals surface area contributed by atoms with Gasteiger partial charge in [0.2, 0.25) is 0 Å². The number of carboxylic acid groups (broad SMARTS) is 1. The number of carbonyl (C=O) groups excluding carboxylic acids is 2. The molecule has 3 rings (SSSR count). The van der Waals surface area contributed by atoms with Gasteiger partial charge < -0.3 is 29.3 Å². The second-order valence-electron chi connectivity index (χ2n) is 9.90. The molecule has 0 saturated carbocycles. The van der Waals surface area contributed by atoms with Crippen LogP contribution in [0, 0.1) is 0 Å². The molecule has 10 heteroatoms. The van der Waals surface area contributed by atoms with E-state index in [0.29, 0.717) is 47.6 Å². The van der Waals surface area contributed by atoms with Crippen LogP contribution in [-0.4, -0.2) is 83.8 Å². The number of halogens is 1. The zero-order valence-electron chi connectivity index (χ0n) is 21.2. The van der Waals surface area contributed by atoms with Crippen LogP contribution in [0.25, 0.3) is 0 Å². The Labute approximate surface area is 215 Å². The second-order valence-corrected chi connectivity index (χ2v) is 10.8. The smallest absolute Gasteiger partial charge is 0.407 e. The Morgan fingerprint density at radius 1 is 1.31 bits per heavy atom. The maximum absolute atomic E-state index is 13.9. The molecule has 0 spiro atoms. The van der Waals surface area contributed by atoms with Gasteiger partial charge >= 0.3 is 6.09 Å². The summed E-state index contributed by atoms with van der Waals surface area (Å²) in [7, 11) is 1.65. The lowest BCUT2D eigenvalue weighted by molar-refractivity contribution is -0.132. The highest BCUT2D eigenvalue weighted by atomic mass is 79.9. The minimum Gasteiger partial charge on any atom is -0.476 e. The van der Waals surface area contributed by atoms with Crippen LogP contribution in [0.15, 0.2) is 16.6 Å². The van der Waals surface area contributed by atoms with Crippen molar-refractivity contribution in [2.45, 2.75) is 71.1 Å². The number of unbranched alkanes of at least 4 members (excludes halogenated alkanes) is 1. The molecule has 1 saturated heterocycles. The fourth-order valence-electron chi connectivity index (χ4n) is 4.81. The SMILES string of the molecule is COCCCCN1C(=O)C(C)(C)Oc2cc(Br)c(C(=O)N(C(C)C)[C@@H]3CCCN(C(=O)O)C3)cc21. The Morgan fingerprint density at radius 2 is 2.03 bits per heavy atom. The first-order valence-corrected chi connectivity index (χ1v) is 12.9. The fourth-order valence-corrected chi connectivity index (χ4v) is 5.30. The van der Waals surface area contributed by atoms with E-state index in [9.17, 15) is 19.5 Å². The van der Waals surface area contributed by atoms with Crippen molar-refractivity contribution in [3.63, 3.8) is 0 Å². The zero-order chi connectivity index (χ0) is 25.9. The molecule has 1 N–H and O–H groups in total. The van der Waals surface area contributed by atoms with E-state index in [1.807, 2.05) is 13.8 Å². The Bertz CT molecular complexity index is 967. The van der Waals surface area contributed by atoms with E-state index in [1.54, 1.807) is 42.9 Å². The Balaban J connectivity index is 1.96. The number of ether oxygens (including phenoxy) is 2. The van der Waals surface area contributed by atoms with E-state index in [-0.39, 0.29) is 30.4 Å². The van der Waals surface area contributed by atoms with E-state index in [0.717, 1.165) is 19.3 Å². The van der Waals surface area contributed by atoms with Gasteiger partial charge in [-0.2, -0.15) is 0 Å². The lowest BCUT2D eigenvalue weighted by atomic mass is 9.99. The molecular formula is C25H36BrN3O6. The molecule has 9 nitrogen and oxygen atoms in total. The van der Waals surface area contributed by atoms with Crippen molar-refractivity contribution in [3.8, 4) is 5.75 Å². The summed E-state index contributed by atoms with van der Waals surface area (Å²) in [6, 6.07) is 3.11. The number of methoxy groups -OCH3 is 1. The number of hydrogen-bond acceptors (Lipinski definition) is 5. The van der Waals surface area contributed by atoms with Crippen molar-refractivity contribution in [2.75, 3.05) is 38.3 Å². The summed E-state index contributed by atoms with van der Waals surface area (Å²) in [4.78, 5) is 43.5. The molecule has 2 aliphatic heterocycles. The lowest BCUT2D eigenvalue weighted by Gasteiger charge is -2.41. The molecule has 0 aromatic heterocycles. The van der Waals surface area contributed by atoms with Crippen molar-refractivity contribution in [3.05, 3.63) is 22.2 Å². The number of nitrogens with zero attached hydrogens (tertiary/aromatic N) is 3. The van der Waals surface area contributed by atoms with E-state index in [2.05, 4.69) is 15.9 Å². The number of amides is 3. The summed E-state index contributed by atoms with van der Waals surface area (Å²) in [6.07, 6.45) is 2.02. The highest BCUT2D eigenvalue weighted by molar-refractivity contribution is 9.10. The zero-order valence-corrected chi connectivity index (χ0v) is 22.8. The highest BCUT2D eigenvalue weighted by Crippen LogP contribution is 2.42. The molecule has 0 unspecified atom stereocenters. The van der Waals surface area contributed by atoms with Crippen LogP contribution >= 0.6 is 15.9 Å². The van der Waals surface area contributed by atoms with Gasteiger partial charge in [-0.25, -0.2) is 4.79 Å². The van der Waals surface area contributed by atoms with Crippen molar-refractivity contribution < 1.29 is 29.0 Å². The molecule has 194 valence electrons. The Kier molecular flexibility index (Phi) is 8.69. The normalized spacial score (nSPS) is 19.4. The average molecular weight is 554 g/mol. The molecular weight excluding hydrogens is 518 g/mol. The fraction of sp³-hybridized carbons (Fsp3) is 0.640. The molecule has 1 aromatic rings. The van der Waals surface area contributed by atoms with E-state index in [4.69, 9.17) is 9.47 Å². The predicted molar refractivity (Wildman–Crippen MR) is 136 cm³/mol. The number of fused-ring (bicyclic) bond motifs is 1. The number of piperidine rings is 1. The van der Waals surface area contributed by atoms with E-state index >= 15 is 0 Å². The van der Waals surface area contributed by atoms with Gasteiger partial charge in [-0.15, -0.1) is 0 Å². The number of rotatable bonds is 8. The molecule has 0 radical (unpaired) electrons. The van der Waals surface area contributed by atoms with Crippen LogP contribution in [0.3, 0.4) is 0 Å². The maximum Gasteiger partial charge on any atom is 0.407 e. The van der Waals surface area contributed by atoms with Gasteiger partial charge in [0.1, 0.15) is 5.75 Å². The van der Waals surface area contributed by atoms with Crippen LogP contribution < -0.4 is 9.64 Å². The third-order valence-corrected chi connectivity index (χ3v) is 7.18. The van der Waals surface area contributed by atoms with Gasteiger partial charge in [0.25, 0.3) is 11.8 Å². The third kappa shape index (κ3) is 5.91. The summed E-state index contributed by atoms with van der Waals surface area (Å²) in [5, 5.41) is 9.47. The van der Waals surface area contributed by atoms with Crippen LogP contribution in [0.2, 0.25) is 0 Å². The van der Waals surface area contributed by atoms with Crippen molar-refractivity contribution >= 4 is 39.5 Å². The minimum atomic E-state index is -1.02. The molecule has 1 aromatic carbocycles. The van der Waals surface area contributed by atoms with Crippen LogP contribution in [0.4, 0.5) is 10.5 Å². The molecule has 0 bridgehead atoms. The standard InChI is InChI=1S/C25H36BrN3O6/c1-16(2)29(17-9-8-10-27(15-17)24(32)33)22(30)18-13-20-21(14-19(18)26)35-25(3,4)23(31)28(20)11-6-7-12-34-5/h13-14,16-17H,6-12,15H2,1-5H3,(H,32,33)/t17-/m1/s1. The first kappa shape index (κ1) is 27.3. The molecule has 1 fully saturated rings. The third-order valence-electron chi connectivity index (χ3n) is 6.53. The summed E-state index contributed by atoms with van der Waals surface area (Å²) >= 11 is 3.55. The minimum absolute atomic E-state index is 0.133. The summed E-state index contributed by atoms with van der Waals surface area (Å²) < 4.78 is 11.7. The number of carbonyl (C=O) groups is 3. The molecule has 35 heavy (non-hydrogen) atoms. The van der Waals surface area contributed by atoms with Gasteiger partial charge in [0, 0.05) is 43.9 Å². The van der Waals surface area contributed by atoms with Gasteiger partial charge in [-0.05, 0) is 81.4 Å². The quantitative estimate of drug-likeness (QED) is 0.479. The molecule has 2 aliphatic rings. The van der Waals surface area contributed by atoms with E-state index < -0.39 is 11.7 Å². The Morgan fingerprint density at radius 3 is 2.66 bits per heavy atom. The molecule has 2 heterocycles.